The zero-order chi connectivity index (χ0) is 23.3. The lowest BCUT2D eigenvalue weighted by molar-refractivity contribution is 0.112. The van der Waals surface area contributed by atoms with Crippen LogP contribution in [0.3, 0.4) is 0 Å². The number of aldehydes is 1. The molecule has 0 saturated carbocycles. The van der Waals surface area contributed by atoms with Gasteiger partial charge in [0.25, 0.3) is 0 Å². The molecule has 5 heteroatoms. The van der Waals surface area contributed by atoms with Crippen molar-refractivity contribution < 1.29 is 9.53 Å². The van der Waals surface area contributed by atoms with Crippen LogP contribution in [-0.4, -0.2) is 10.9 Å². The van der Waals surface area contributed by atoms with Gasteiger partial charge in [-0.15, -0.1) is 0 Å². The van der Waals surface area contributed by atoms with Crippen molar-refractivity contribution in [3.8, 4) is 16.9 Å². The highest BCUT2D eigenvalue weighted by Crippen LogP contribution is 2.34. The molecule has 1 heterocycles. The topological polar surface area (TPSA) is 43.3 Å². The molecule has 34 heavy (non-hydrogen) atoms. The molecule has 0 aliphatic rings. The molecule has 0 radical (unpaired) electrons. The molecule has 5 rings (SSSR count). The standard InChI is InChI=1S/C29H24N2O2S/c1-31-18-28(23-8-5-9-25(16-23)33-20-22-6-3-2-4-7-22)27-17-24(12-15-29(27)31)30-34-26-13-10-21(19-32)11-14-26/h2-19,30H,20H2,1H3. The number of carbonyl (C=O) groups excluding carboxylic acids is 1. The number of ether oxygens (including phenoxy) is 1. The Kier molecular flexibility index (Phi) is 6.36. The molecular weight excluding hydrogens is 440 g/mol. The molecule has 1 aromatic heterocycles. The lowest BCUT2D eigenvalue weighted by atomic mass is 10.0. The number of anilines is 1. The van der Waals surface area contributed by atoms with Gasteiger partial charge in [0.05, 0.1) is 0 Å². The van der Waals surface area contributed by atoms with Crippen LogP contribution in [0.15, 0.2) is 108 Å². The SMILES string of the molecule is Cn1cc(-c2cccc(OCc3ccccc3)c2)c2cc(NSc3ccc(C=O)cc3)ccc21. The number of hydrogen-bond acceptors (Lipinski definition) is 4. The number of nitrogens with one attached hydrogen (secondary N) is 1. The van der Waals surface area contributed by atoms with Crippen molar-refractivity contribution >= 4 is 34.8 Å². The summed E-state index contributed by atoms with van der Waals surface area (Å²) >= 11 is 1.52. The largest absolute Gasteiger partial charge is 0.489 e. The molecule has 1 N–H and O–H groups in total. The second-order valence-electron chi connectivity index (χ2n) is 8.08. The monoisotopic (exact) mass is 464 g/mol. The number of rotatable bonds is 8. The summed E-state index contributed by atoms with van der Waals surface area (Å²) in [4.78, 5) is 11.9. The highest BCUT2D eigenvalue weighted by Gasteiger charge is 2.11. The molecule has 0 aliphatic carbocycles. The molecular formula is C29H24N2O2S. The fourth-order valence-electron chi connectivity index (χ4n) is 3.91. The Morgan fingerprint density at radius 3 is 2.53 bits per heavy atom. The van der Waals surface area contributed by atoms with E-state index in [0.29, 0.717) is 12.2 Å². The van der Waals surface area contributed by atoms with E-state index in [0.717, 1.165) is 44.8 Å². The van der Waals surface area contributed by atoms with E-state index in [-0.39, 0.29) is 0 Å². The fraction of sp³-hybridized carbons (Fsp3) is 0.0690. The van der Waals surface area contributed by atoms with Crippen LogP contribution < -0.4 is 9.46 Å². The Morgan fingerprint density at radius 1 is 0.912 bits per heavy atom. The minimum atomic E-state index is 0.541. The van der Waals surface area contributed by atoms with Gasteiger partial charge in [-0.3, -0.25) is 4.79 Å². The lowest BCUT2D eigenvalue weighted by Gasteiger charge is -2.09. The third kappa shape index (κ3) is 4.85. The van der Waals surface area contributed by atoms with Crippen molar-refractivity contribution in [2.24, 2.45) is 7.05 Å². The van der Waals surface area contributed by atoms with Gasteiger partial charge in [-0.1, -0.05) is 54.6 Å². The second kappa shape index (κ2) is 9.89. The van der Waals surface area contributed by atoms with E-state index in [9.17, 15) is 4.79 Å². The lowest BCUT2D eigenvalue weighted by Crippen LogP contribution is -1.94. The van der Waals surface area contributed by atoms with E-state index in [1.807, 2.05) is 54.6 Å². The van der Waals surface area contributed by atoms with Crippen LogP contribution in [0.25, 0.3) is 22.0 Å². The number of carbonyl (C=O) groups is 1. The molecule has 0 aliphatic heterocycles. The number of aryl methyl sites for hydroxylation is 1. The van der Waals surface area contributed by atoms with Gasteiger partial charge >= 0.3 is 0 Å². The molecule has 4 nitrogen and oxygen atoms in total. The Morgan fingerprint density at radius 2 is 1.74 bits per heavy atom. The molecule has 168 valence electrons. The van der Waals surface area contributed by atoms with Gasteiger partial charge in [-0.25, -0.2) is 0 Å². The summed E-state index contributed by atoms with van der Waals surface area (Å²) in [6, 6.07) is 32.4. The first-order valence-corrected chi connectivity index (χ1v) is 11.9. The molecule has 0 bridgehead atoms. The van der Waals surface area contributed by atoms with Crippen LogP contribution in [0.2, 0.25) is 0 Å². The molecule has 0 amide bonds. The molecule has 5 aromatic rings. The van der Waals surface area contributed by atoms with Gasteiger partial charge in [-0.2, -0.15) is 0 Å². The normalized spacial score (nSPS) is 10.9. The predicted molar refractivity (Wildman–Crippen MR) is 140 cm³/mol. The first kappa shape index (κ1) is 21.9. The highest BCUT2D eigenvalue weighted by atomic mass is 32.2. The summed E-state index contributed by atoms with van der Waals surface area (Å²) in [5.74, 6) is 0.849. The minimum absolute atomic E-state index is 0.541. The smallest absolute Gasteiger partial charge is 0.150 e. The second-order valence-corrected chi connectivity index (χ2v) is 8.96. The Balaban J connectivity index is 1.38. The van der Waals surface area contributed by atoms with E-state index in [4.69, 9.17) is 4.74 Å². The summed E-state index contributed by atoms with van der Waals surface area (Å²) < 4.78 is 11.6. The van der Waals surface area contributed by atoms with Gasteiger partial charge in [0.15, 0.2) is 0 Å². The number of benzene rings is 4. The Hall–Kier alpha value is -3.96. The number of fused-ring (bicyclic) bond motifs is 1. The number of hydrogen-bond donors (Lipinski definition) is 1. The summed E-state index contributed by atoms with van der Waals surface area (Å²) in [5, 5.41) is 1.17. The maximum absolute atomic E-state index is 10.9. The Bertz CT molecular complexity index is 1430. The van der Waals surface area contributed by atoms with Crippen molar-refractivity contribution in [3.05, 3.63) is 114 Å². The van der Waals surface area contributed by atoms with Crippen LogP contribution in [-0.2, 0) is 13.7 Å². The molecule has 4 aromatic carbocycles. The summed E-state index contributed by atoms with van der Waals surface area (Å²) in [7, 11) is 2.07. The summed E-state index contributed by atoms with van der Waals surface area (Å²) in [6.07, 6.45) is 3.02. The Labute approximate surface area is 203 Å². The van der Waals surface area contributed by atoms with E-state index in [1.165, 1.54) is 17.3 Å². The van der Waals surface area contributed by atoms with Crippen molar-refractivity contribution in [3.63, 3.8) is 0 Å². The molecule has 0 spiro atoms. The molecule has 0 saturated heterocycles. The molecule has 0 unspecified atom stereocenters. The molecule has 0 fully saturated rings. The van der Waals surface area contributed by atoms with Crippen LogP contribution in [0.4, 0.5) is 5.69 Å². The van der Waals surface area contributed by atoms with Crippen molar-refractivity contribution in [1.29, 1.82) is 0 Å². The quantitative estimate of drug-likeness (QED) is 0.192. The zero-order valence-corrected chi connectivity index (χ0v) is 19.6. The minimum Gasteiger partial charge on any atom is -0.489 e. The average molecular weight is 465 g/mol. The van der Waals surface area contributed by atoms with Crippen LogP contribution in [0.5, 0.6) is 5.75 Å². The fourth-order valence-corrected chi connectivity index (χ4v) is 4.55. The average Bonchev–Trinajstić information content (AvgIpc) is 3.23. The van der Waals surface area contributed by atoms with Crippen molar-refractivity contribution in [2.45, 2.75) is 11.5 Å². The van der Waals surface area contributed by atoms with Gasteiger partial charge in [-0.05, 0) is 65.5 Å². The third-order valence-corrected chi connectivity index (χ3v) is 6.53. The zero-order valence-electron chi connectivity index (χ0n) is 18.8. The van der Waals surface area contributed by atoms with Crippen molar-refractivity contribution in [2.75, 3.05) is 4.72 Å². The maximum Gasteiger partial charge on any atom is 0.150 e. The van der Waals surface area contributed by atoms with Crippen molar-refractivity contribution in [1.82, 2.24) is 4.57 Å². The molecule has 0 atom stereocenters. The highest BCUT2D eigenvalue weighted by molar-refractivity contribution is 8.00. The van der Waals surface area contributed by atoms with Crippen LogP contribution >= 0.6 is 11.9 Å². The summed E-state index contributed by atoms with van der Waals surface area (Å²) in [6.45, 7) is 0.541. The third-order valence-electron chi connectivity index (χ3n) is 5.69. The van der Waals surface area contributed by atoms with E-state index in [2.05, 4.69) is 65.0 Å². The van der Waals surface area contributed by atoms with Crippen LogP contribution in [0, 0.1) is 0 Å². The van der Waals surface area contributed by atoms with Gasteiger partial charge in [0.2, 0.25) is 0 Å². The number of nitrogens with zero attached hydrogens (tertiary/aromatic N) is 1. The van der Waals surface area contributed by atoms with Gasteiger partial charge < -0.3 is 14.0 Å². The van der Waals surface area contributed by atoms with E-state index < -0.39 is 0 Å². The number of aromatic nitrogens is 1. The predicted octanol–water partition coefficient (Wildman–Crippen LogP) is 7.36. The van der Waals surface area contributed by atoms with Gasteiger partial charge in [0.1, 0.15) is 18.6 Å². The van der Waals surface area contributed by atoms with Gasteiger partial charge in [0, 0.05) is 45.9 Å². The summed E-state index contributed by atoms with van der Waals surface area (Å²) in [5.41, 5.74) is 6.27. The maximum atomic E-state index is 10.9. The first-order valence-electron chi connectivity index (χ1n) is 11.0. The van der Waals surface area contributed by atoms with E-state index >= 15 is 0 Å². The van der Waals surface area contributed by atoms with E-state index in [1.54, 1.807) is 0 Å². The first-order chi connectivity index (χ1) is 16.7. The van der Waals surface area contributed by atoms with Crippen LogP contribution in [0.1, 0.15) is 15.9 Å².